The summed E-state index contributed by atoms with van der Waals surface area (Å²) in [5, 5.41) is 9.43. The Kier molecular flexibility index (Phi) is 6.87. The summed E-state index contributed by atoms with van der Waals surface area (Å²) in [5.41, 5.74) is 6.93. The van der Waals surface area contributed by atoms with E-state index in [2.05, 4.69) is 83.7 Å². The van der Waals surface area contributed by atoms with E-state index >= 15 is 0 Å². The van der Waals surface area contributed by atoms with Gasteiger partial charge in [0, 0.05) is 28.3 Å². The van der Waals surface area contributed by atoms with Gasteiger partial charge in [-0.05, 0) is 73.3 Å². The molecule has 0 N–H and O–H groups in total. The van der Waals surface area contributed by atoms with E-state index in [-0.39, 0.29) is 0 Å². The molecular weight excluding hydrogens is 637 g/mol. The van der Waals surface area contributed by atoms with Crippen molar-refractivity contribution < 1.29 is 4.42 Å². The summed E-state index contributed by atoms with van der Waals surface area (Å²) < 4.78 is 6.43. The van der Waals surface area contributed by atoms with E-state index in [9.17, 15) is 0 Å². The number of hydrogen-bond acceptors (Lipinski definition) is 4. The predicted octanol–water partition coefficient (Wildman–Crippen LogP) is 12.4. The van der Waals surface area contributed by atoms with Gasteiger partial charge in [0.25, 0.3) is 0 Å². The summed E-state index contributed by atoms with van der Waals surface area (Å²) in [4.78, 5) is 18.6. The van der Waals surface area contributed by atoms with Gasteiger partial charge >= 0.3 is 0 Å². The zero-order chi connectivity index (χ0) is 34.6. The molecule has 0 aliphatic carbocycles. The first kappa shape index (κ1) is 29.7. The van der Waals surface area contributed by atoms with Crippen molar-refractivity contribution in [3.8, 4) is 33.9 Å². The standard InChI is InChI=1S/C47H28N4O/c1-48-34-24-33(27-44-49-46(29-12-4-2-5-13-29)51-47(50-44)30-14-6-3-7-15-30)45-41-26-32(21-23-42(41)52-43(45)28-34)31-20-22-39-37-18-9-8-16-35(37)36-17-10-11-19-38(36)40(39)25-31/h2-26,28H,27H2. The molecule has 0 aliphatic rings. The van der Waals surface area contributed by atoms with Crippen LogP contribution in [0.1, 0.15) is 11.4 Å². The molecule has 0 bridgehead atoms. The monoisotopic (exact) mass is 664 g/mol. The molecular formula is C47H28N4O. The van der Waals surface area contributed by atoms with Crippen LogP contribution in [0.25, 0.3) is 93.0 Å². The number of hydrogen-bond donors (Lipinski definition) is 0. The van der Waals surface area contributed by atoms with E-state index in [0.717, 1.165) is 44.2 Å². The van der Waals surface area contributed by atoms with Crippen LogP contribution in [0.2, 0.25) is 0 Å². The highest BCUT2D eigenvalue weighted by molar-refractivity contribution is 6.25. The van der Waals surface area contributed by atoms with Crippen LogP contribution in [0.15, 0.2) is 162 Å². The molecule has 0 spiro atoms. The van der Waals surface area contributed by atoms with Gasteiger partial charge in [-0.3, -0.25) is 0 Å². The van der Waals surface area contributed by atoms with Crippen LogP contribution in [0.3, 0.4) is 0 Å². The second-order valence-corrected chi connectivity index (χ2v) is 13.1. The topological polar surface area (TPSA) is 56.2 Å². The summed E-state index contributed by atoms with van der Waals surface area (Å²) in [5.74, 6) is 1.84. The Morgan fingerprint density at radius 2 is 0.962 bits per heavy atom. The number of rotatable bonds is 5. The van der Waals surface area contributed by atoms with Crippen molar-refractivity contribution >= 4 is 59.9 Å². The molecule has 0 unspecified atom stereocenters. The van der Waals surface area contributed by atoms with Gasteiger partial charge in [0.2, 0.25) is 0 Å². The average Bonchev–Trinajstić information content (AvgIpc) is 3.59. The van der Waals surface area contributed by atoms with Crippen molar-refractivity contribution in [1.82, 2.24) is 15.0 Å². The van der Waals surface area contributed by atoms with Crippen molar-refractivity contribution in [1.29, 1.82) is 0 Å². The summed E-state index contributed by atoms with van der Waals surface area (Å²) in [6.07, 6.45) is 0.399. The Balaban J connectivity index is 1.14. The third kappa shape index (κ3) is 4.97. The van der Waals surface area contributed by atoms with Crippen LogP contribution in [0.4, 0.5) is 5.69 Å². The van der Waals surface area contributed by atoms with E-state index < -0.39 is 0 Å². The van der Waals surface area contributed by atoms with Gasteiger partial charge in [-0.15, -0.1) is 0 Å². The fourth-order valence-corrected chi connectivity index (χ4v) is 7.55. The molecule has 5 heteroatoms. The highest BCUT2D eigenvalue weighted by Crippen LogP contribution is 2.40. The molecule has 0 amide bonds. The van der Waals surface area contributed by atoms with Crippen LogP contribution in [-0.4, -0.2) is 15.0 Å². The van der Waals surface area contributed by atoms with Crippen molar-refractivity contribution in [2.45, 2.75) is 6.42 Å². The molecule has 10 aromatic rings. The predicted molar refractivity (Wildman–Crippen MR) is 211 cm³/mol. The maximum Gasteiger partial charge on any atom is 0.191 e. The first-order chi connectivity index (χ1) is 25.7. The van der Waals surface area contributed by atoms with Crippen molar-refractivity contribution in [3.63, 3.8) is 0 Å². The molecule has 0 radical (unpaired) electrons. The normalized spacial score (nSPS) is 11.5. The SMILES string of the molecule is [C-]#[N+]c1cc(Cc2nc(-c3ccccc3)nc(-c3ccccc3)n2)c2c(c1)oc1ccc(-c3ccc4c5ccccc5c5ccccc5c4c3)cc12. The van der Waals surface area contributed by atoms with Gasteiger partial charge in [0.15, 0.2) is 17.3 Å². The van der Waals surface area contributed by atoms with Crippen molar-refractivity contribution in [2.24, 2.45) is 0 Å². The molecule has 242 valence electrons. The zero-order valence-corrected chi connectivity index (χ0v) is 27.9. The number of furan rings is 1. The maximum atomic E-state index is 7.89. The van der Waals surface area contributed by atoms with Gasteiger partial charge in [-0.25, -0.2) is 19.8 Å². The molecule has 52 heavy (non-hydrogen) atoms. The lowest BCUT2D eigenvalue weighted by Gasteiger charge is -2.12. The van der Waals surface area contributed by atoms with Gasteiger partial charge in [-0.1, -0.05) is 133 Å². The van der Waals surface area contributed by atoms with Crippen molar-refractivity contribution in [3.05, 3.63) is 181 Å². The van der Waals surface area contributed by atoms with E-state index in [1.165, 1.54) is 32.3 Å². The molecule has 0 saturated carbocycles. The molecule has 0 atom stereocenters. The minimum absolute atomic E-state index is 0.399. The van der Waals surface area contributed by atoms with Gasteiger partial charge in [-0.2, -0.15) is 0 Å². The highest BCUT2D eigenvalue weighted by atomic mass is 16.3. The molecule has 5 nitrogen and oxygen atoms in total. The Morgan fingerprint density at radius 1 is 0.442 bits per heavy atom. The Hall–Kier alpha value is -7.16. The first-order valence-electron chi connectivity index (χ1n) is 17.3. The fourth-order valence-electron chi connectivity index (χ4n) is 7.55. The van der Waals surface area contributed by atoms with E-state index in [1.807, 2.05) is 78.9 Å². The van der Waals surface area contributed by atoms with Gasteiger partial charge < -0.3 is 4.42 Å². The Morgan fingerprint density at radius 3 is 1.56 bits per heavy atom. The third-order valence-corrected chi connectivity index (χ3v) is 9.94. The molecule has 0 aliphatic heterocycles. The molecule has 0 saturated heterocycles. The number of nitrogens with zero attached hydrogens (tertiary/aromatic N) is 4. The van der Waals surface area contributed by atoms with Gasteiger partial charge in [0.05, 0.1) is 6.57 Å². The lowest BCUT2D eigenvalue weighted by Crippen LogP contribution is -2.04. The lowest BCUT2D eigenvalue weighted by atomic mass is 9.91. The van der Waals surface area contributed by atoms with E-state index in [1.54, 1.807) is 0 Å². The smallest absolute Gasteiger partial charge is 0.191 e. The summed E-state index contributed by atoms with van der Waals surface area (Å²) in [6, 6.07) is 54.2. The van der Waals surface area contributed by atoms with Crippen LogP contribution in [-0.2, 0) is 6.42 Å². The highest BCUT2D eigenvalue weighted by Gasteiger charge is 2.18. The Labute approximate surface area is 299 Å². The van der Waals surface area contributed by atoms with E-state index in [4.69, 9.17) is 25.9 Å². The molecule has 2 aromatic heterocycles. The molecule has 10 rings (SSSR count). The number of aromatic nitrogens is 3. The Bertz CT molecular complexity index is 2960. The number of fused-ring (bicyclic) bond motifs is 9. The molecule has 2 heterocycles. The second-order valence-electron chi connectivity index (χ2n) is 13.1. The summed E-state index contributed by atoms with van der Waals surface area (Å²) >= 11 is 0. The fraction of sp³-hybridized carbons (Fsp3) is 0.0213. The summed E-state index contributed by atoms with van der Waals surface area (Å²) in [6.45, 7) is 7.89. The number of benzene rings is 8. The minimum Gasteiger partial charge on any atom is -0.457 e. The molecule has 8 aromatic carbocycles. The van der Waals surface area contributed by atoms with Crippen LogP contribution in [0, 0.1) is 6.57 Å². The second kappa shape index (κ2) is 12.0. The van der Waals surface area contributed by atoms with Gasteiger partial charge in [0.1, 0.15) is 17.0 Å². The average molecular weight is 665 g/mol. The summed E-state index contributed by atoms with van der Waals surface area (Å²) in [7, 11) is 0. The maximum absolute atomic E-state index is 7.89. The van der Waals surface area contributed by atoms with E-state index in [0.29, 0.717) is 35.2 Å². The van der Waals surface area contributed by atoms with Crippen molar-refractivity contribution in [2.75, 3.05) is 0 Å². The van der Waals surface area contributed by atoms with Crippen LogP contribution < -0.4 is 0 Å². The quantitative estimate of drug-likeness (QED) is 0.136. The van der Waals surface area contributed by atoms with Crippen LogP contribution >= 0.6 is 0 Å². The minimum atomic E-state index is 0.399. The third-order valence-electron chi connectivity index (χ3n) is 9.94. The first-order valence-corrected chi connectivity index (χ1v) is 17.3. The zero-order valence-electron chi connectivity index (χ0n) is 27.9. The lowest BCUT2D eigenvalue weighted by molar-refractivity contribution is 0.669. The molecule has 0 fully saturated rings. The largest absolute Gasteiger partial charge is 0.457 e. The van der Waals surface area contributed by atoms with Crippen LogP contribution in [0.5, 0.6) is 0 Å².